The molecule has 0 saturated heterocycles. The first-order valence-corrected chi connectivity index (χ1v) is 4.64. The lowest BCUT2D eigenvalue weighted by molar-refractivity contribution is 1.18. The molecule has 0 spiro atoms. The van der Waals surface area contributed by atoms with Crippen molar-refractivity contribution in [3.63, 3.8) is 0 Å². The smallest absolute Gasteiger partial charge is 0.115 e. The summed E-state index contributed by atoms with van der Waals surface area (Å²) < 4.78 is 0. The van der Waals surface area contributed by atoms with Gasteiger partial charge >= 0.3 is 0 Å². The van der Waals surface area contributed by atoms with Gasteiger partial charge in [-0.25, -0.2) is 0 Å². The second kappa shape index (κ2) is 2.88. The largest absolute Gasteiger partial charge is 0.377 e. The third-order valence-corrected chi connectivity index (χ3v) is 2.53. The zero-order valence-corrected chi connectivity index (χ0v) is 7.62. The van der Waals surface area contributed by atoms with Crippen LogP contribution in [-0.2, 0) is 0 Å². The maximum atomic E-state index is 3.00. The summed E-state index contributed by atoms with van der Waals surface area (Å²) in [6.45, 7) is 3.00. The zero-order chi connectivity index (χ0) is 9.38. The van der Waals surface area contributed by atoms with E-state index in [0.29, 0.717) is 0 Å². The summed E-state index contributed by atoms with van der Waals surface area (Å²) in [4.78, 5) is 0. The average Bonchev–Trinajstić information content (AvgIpc) is 2.29. The van der Waals surface area contributed by atoms with Crippen LogP contribution in [0.3, 0.4) is 0 Å². The van der Waals surface area contributed by atoms with Crippen LogP contribution in [0, 0.1) is 6.54 Å². The molecule has 2 aromatic carbocycles. The van der Waals surface area contributed by atoms with E-state index in [1.165, 1.54) is 21.2 Å². The van der Waals surface area contributed by atoms with Gasteiger partial charge in [-0.05, 0) is 27.3 Å². The van der Waals surface area contributed by atoms with Gasteiger partial charge in [-0.15, -0.1) is 0 Å². The van der Waals surface area contributed by atoms with Crippen LogP contribution in [0.5, 0.6) is 0 Å². The van der Waals surface area contributed by atoms with Crippen LogP contribution in [0.1, 0.15) is 0 Å². The van der Waals surface area contributed by atoms with E-state index in [2.05, 4.69) is 48.3 Å². The summed E-state index contributed by atoms with van der Waals surface area (Å²) in [5.74, 6) is 0. The Hall–Kier alpha value is -1.76. The minimum atomic E-state index is 1.22. The number of benzene rings is 2. The van der Waals surface area contributed by atoms with E-state index in [1.807, 2.05) is 12.3 Å². The third kappa shape index (κ3) is 1.02. The van der Waals surface area contributed by atoms with E-state index < -0.39 is 0 Å². The van der Waals surface area contributed by atoms with Crippen LogP contribution in [0.4, 0.5) is 0 Å². The molecule has 1 aliphatic heterocycles. The van der Waals surface area contributed by atoms with Crippen molar-refractivity contribution in [1.29, 1.82) is 0 Å². The topological polar surface area (TPSA) is 12.0 Å². The van der Waals surface area contributed by atoms with Gasteiger partial charge in [0.15, 0.2) is 0 Å². The van der Waals surface area contributed by atoms with Gasteiger partial charge in [0, 0.05) is 6.20 Å². The molecule has 0 aliphatic carbocycles. The second-order valence-corrected chi connectivity index (χ2v) is 3.37. The summed E-state index contributed by atoms with van der Waals surface area (Å²) in [6, 6.07) is 12.7. The molecule has 14 heavy (non-hydrogen) atoms. The lowest BCUT2D eigenvalue weighted by Crippen LogP contribution is -2.31. The minimum Gasteiger partial charge on any atom is -0.377 e. The van der Waals surface area contributed by atoms with Crippen LogP contribution >= 0.6 is 0 Å². The number of fused-ring (bicyclic) bond motifs is 3. The lowest BCUT2D eigenvalue weighted by Gasteiger charge is -2.04. The summed E-state index contributed by atoms with van der Waals surface area (Å²) in [6.07, 6.45) is 3.97. The SMILES string of the molecule is [C]1C=c2c(ccc3ccccc23)=CN1. The number of rotatable bonds is 0. The van der Waals surface area contributed by atoms with Gasteiger partial charge in [0.1, 0.15) is 6.54 Å². The molecule has 0 aromatic heterocycles. The van der Waals surface area contributed by atoms with Crippen molar-refractivity contribution >= 4 is 23.0 Å². The Balaban J connectivity index is 2.60. The number of hydrogen-bond donors (Lipinski definition) is 1. The van der Waals surface area contributed by atoms with Gasteiger partial charge < -0.3 is 5.32 Å². The fourth-order valence-electron chi connectivity index (χ4n) is 1.83. The van der Waals surface area contributed by atoms with Crippen LogP contribution < -0.4 is 15.8 Å². The van der Waals surface area contributed by atoms with E-state index in [-0.39, 0.29) is 0 Å². The fraction of sp³-hybridized carbons (Fsp3) is 0. The van der Waals surface area contributed by atoms with Gasteiger partial charge in [-0.2, -0.15) is 0 Å². The van der Waals surface area contributed by atoms with E-state index >= 15 is 0 Å². The maximum absolute atomic E-state index is 3.00. The molecule has 2 radical (unpaired) electrons. The molecule has 0 saturated carbocycles. The molecular weight excluding hydrogens is 170 g/mol. The summed E-state index contributed by atoms with van der Waals surface area (Å²) >= 11 is 0. The van der Waals surface area contributed by atoms with Gasteiger partial charge in [-0.1, -0.05) is 36.4 Å². The quantitative estimate of drug-likeness (QED) is 0.636. The molecule has 1 N–H and O–H groups in total. The molecular formula is C13H9N. The Morgan fingerprint density at radius 1 is 1.00 bits per heavy atom. The van der Waals surface area contributed by atoms with Crippen molar-refractivity contribution in [2.75, 3.05) is 0 Å². The van der Waals surface area contributed by atoms with Crippen molar-refractivity contribution in [2.45, 2.75) is 0 Å². The Morgan fingerprint density at radius 2 is 1.93 bits per heavy atom. The highest BCUT2D eigenvalue weighted by Crippen LogP contribution is 2.06. The monoisotopic (exact) mass is 179 g/mol. The van der Waals surface area contributed by atoms with Crippen molar-refractivity contribution in [3.05, 3.63) is 53.4 Å². The normalized spacial score (nSPS) is 13.7. The van der Waals surface area contributed by atoms with E-state index in [4.69, 9.17) is 0 Å². The molecule has 1 heterocycles. The molecule has 2 aromatic rings. The molecule has 0 amide bonds. The molecule has 3 rings (SSSR count). The van der Waals surface area contributed by atoms with Crippen LogP contribution in [0.25, 0.3) is 23.0 Å². The lowest BCUT2D eigenvalue weighted by atomic mass is 10.1. The molecule has 1 aliphatic rings. The Bertz CT molecular complexity index is 596. The minimum absolute atomic E-state index is 1.22. The molecule has 1 heteroatoms. The first-order valence-electron chi connectivity index (χ1n) is 4.64. The maximum Gasteiger partial charge on any atom is 0.115 e. The van der Waals surface area contributed by atoms with Crippen LogP contribution in [-0.4, -0.2) is 0 Å². The molecule has 66 valence electrons. The highest BCUT2D eigenvalue weighted by Gasteiger charge is 1.98. The predicted octanol–water partition coefficient (Wildman–Crippen LogP) is 1.00. The fourth-order valence-corrected chi connectivity index (χ4v) is 1.83. The van der Waals surface area contributed by atoms with E-state index in [1.54, 1.807) is 0 Å². The van der Waals surface area contributed by atoms with Crippen molar-refractivity contribution in [1.82, 2.24) is 5.32 Å². The molecule has 1 nitrogen and oxygen atoms in total. The average molecular weight is 179 g/mol. The Kier molecular flexibility index (Phi) is 1.57. The summed E-state index contributed by atoms with van der Waals surface area (Å²) in [5.41, 5.74) is 0. The van der Waals surface area contributed by atoms with Crippen LogP contribution in [0.2, 0.25) is 0 Å². The van der Waals surface area contributed by atoms with Gasteiger partial charge in [-0.3, -0.25) is 0 Å². The Labute approximate surface area is 82.4 Å². The first-order chi connectivity index (χ1) is 6.95. The molecule has 0 fully saturated rings. The number of hydrogen-bond acceptors (Lipinski definition) is 1. The molecule has 0 bridgehead atoms. The van der Waals surface area contributed by atoms with Crippen molar-refractivity contribution < 1.29 is 0 Å². The van der Waals surface area contributed by atoms with E-state index in [0.717, 1.165) is 0 Å². The van der Waals surface area contributed by atoms with Gasteiger partial charge in [0.05, 0.1) is 0 Å². The number of nitrogens with one attached hydrogen (secondary N) is 1. The highest BCUT2D eigenvalue weighted by molar-refractivity contribution is 5.84. The second-order valence-electron chi connectivity index (χ2n) is 3.37. The Morgan fingerprint density at radius 3 is 2.93 bits per heavy atom. The molecule has 0 atom stereocenters. The van der Waals surface area contributed by atoms with Gasteiger partial charge in [0.25, 0.3) is 0 Å². The predicted molar refractivity (Wildman–Crippen MR) is 58.5 cm³/mol. The summed E-state index contributed by atoms with van der Waals surface area (Å²) in [7, 11) is 0. The van der Waals surface area contributed by atoms with Crippen LogP contribution in [0.15, 0.2) is 36.4 Å². The zero-order valence-electron chi connectivity index (χ0n) is 7.62. The van der Waals surface area contributed by atoms with Crippen molar-refractivity contribution in [2.24, 2.45) is 0 Å². The first kappa shape index (κ1) is 7.63. The third-order valence-electron chi connectivity index (χ3n) is 2.53. The van der Waals surface area contributed by atoms with E-state index in [9.17, 15) is 0 Å². The molecule has 0 unspecified atom stereocenters. The van der Waals surface area contributed by atoms with Gasteiger partial charge in [0.2, 0.25) is 0 Å². The summed E-state index contributed by atoms with van der Waals surface area (Å²) in [5, 5.41) is 8.02. The highest BCUT2D eigenvalue weighted by atomic mass is 14.8. The van der Waals surface area contributed by atoms with Crippen molar-refractivity contribution in [3.8, 4) is 0 Å². The standard InChI is InChI=1S/C13H9N/c1-2-4-12-10(3-1)5-6-11-9-14-8-7-13(11)12/h1-7,9,14H.